The molecule has 4 nitrogen and oxygen atoms in total. The first kappa shape index (κ1) is 64.0. The van der Waals surface area contributed by atoms with E-state index >= 15 is 9.59 Å². The van der Waals surface area contributed by atoms with Gasteiger partial charge in [0.15, 0.2) is 0 Å². The summed E-state index contributed by atoms with van der Waals surface area (Å²) in [6.07, 6.45) is 48.0. The van der Waals surface area contributed by atoms with Crippen molar-refractivity contribution in [1.82, 2.24) is 0 Å². The van der Waals surface area contributed by atoms with Gasteiger partial charge in [-0.05, 0) is 132 Å². The minimum Gasteiger partial charge on any atom is -0.311 e. The van der Waals surface area contributed by atoms with Gasteiger partial charge in [0.2, 0.25) is 11.8 Å². The molecule has 0 bridgehead atoms. The lowest BCUT2D eigenvalue weighted by molar-refractivity contribution is -0.125. The van der Waals surface area contributed by atoms with E-state index in [-0.39, 0.29) is 11.8 Å². The van der Waals surface area contributed by atoms with Gasteiger partial charge in [0.1, 0.15) is 0 Å². The topological polar surface area (TPSA) is 40.6 Å². The Morgan fingerprint density at radius 1 is 0.372 bits per heavy atom. The highest BCUT2D eigenvalue weighted by Crippen LogP contribution is 2.53. The maximum absolute atomic E-state index is 15.9. The van der Waals surface area contributed by atoms with Crippen LogP contribution in [0.5, 0.6) is 0 Å². The Labute approximate surface area is 487 Å². The molecule has 6 heteroatoms. The van der Waals surface area contributed by atoms with E-state index in [0.29, 0.717) is 11.8 Å². The van der Waals surface area contributed by atoms with Crippen LogP contribution in [0.4, 0.5) is 11.4 Å². The number of benzene rings is 2. The lowest BCUT2D eigenvalue weighted by Crippen LogP contribution is -2.39. The molecule has 2 aliphatic heterocycles. The minimum atomic E-state index is -0.537. The maximum Gasteiger partial charge on any atom is 0.235 e. The molecule has 4 unspecified atom stereocenters. The Bertz CT molecular complexity index is 2110. The fourth-order valence-corrected chi connectivity index (χ4v) is 15.0. The molecule has 2 aromatic heterocycles. The zero-order valence-corrected chi connectivity index (χ0v) is 52.5. The highest BCUT2D eigenvalue weighted by Gasteiger charge is 2.51. The Morgan fingerprint density at radius 2 is 0.667 bits per heavy atom. The van der Waals surface area contributed by atoms with Crippen LogP contribution in [0, 0.1) is 11.8 Å². The number of rotatable bonds is 45. The molecule has 4 aromatic rings. The quantitative estimate of drug-likeness (QED) is 0.0414. The number of fused-ring (bicyclic) bond motifs is 2. The average Bonchev–Trinajstić information content (AvgIpc) is 4.31. The fraction of sp³-hybridized carbons (Fsp3) is 0.694. The van der Waals surface area contributed by atoms with Crippen LogP contribution in [0.25, 0.3) is 20.9 Å². The van der Waals surface area contributed by atoms with Gasteiger partial charge in [0.25, 0.3) is 0 Å². The molecule has 0 saturated carbocycles. The summed E-state index contributed by atoms with van der Waals surface area (Å²) in [5.74, 6) is 0.102. The van der Waals surface area contributed by atoms with Gasteiger partial charge in [-0.15, -0.1) is 22.7 Å². The maximum atomic E-state index is 15.9. The molecule has 4 heterocycles. The van der Waals surface area contributed by atoms with Crippen LogP contribution >= 0.6 is 22.7 Å². The van der Waals surface area contributed by atoms with Crippen molar-refractivity contribution in [3.8, 4) is 20.9 Å². The van der Waals surface area contributed by atoms with E-state index in [0.717, 1.165) is 74.1 Å². The van der Waals surface area contributed by atoms with Crippen LogP contribution in [0.1, 0.15) is 307 Å². The van der Waals surface area contributed by atoms with Crippen molar-refractivity contribution in [2.75, 3.05) is 22.9 Å². The summed E-state index contributed by atoms with van der Waals surface area (Å²) in [7, 11) is 0. The third kappa shape index (κ3) is 20.0. The number of aryl methyl sites for hydroxylation is 2. The molecule has 2 amide bonds. The van der Waals surface area contributed by atoms with Crippen molar-refractivity contribution in [2.24, 2.45) is 11.8 Å². The molecular weight excluding hydrogens is 989 g/mol. The predicted molar refractivity (Wildman–Crippen MR) is 344 cm³/mol. The van der Waals surface area contributed by atoms with E-state index in [4.69, 9.17) is 0 Å². The summed E-state index contributed by atoms with van der Waals surface area (Å²) in [6, 6.07) is 18.7. The third-order valence-electron chi connectivity index (χ3n) is 18.0. The number of carbonyl (C=O) groups is 2. The summed E-state index contributed by atoms with van der Waals surface area (Å²) < 4.78 is 0. The van der Waals surface area contributed by atoms with E-state index in [1.165, 1.54) is 237 Å². The van der Waals surface area contributed by atoms with Crippen LogP contribution in [0.15, 0.2) is 59.3 Å². The first-order chi connectivity index (χ1) is 38.3. The van der Waals surface area contributed by atoms with Crippen LogP contribution in [0.2, 0.25) is 0 Å². The molecule has 434 valence electrons. The average molecular weight is 1100 g/mol. The van der Waals surface area contributed by atoms with Crippen molar-refractivity contribution in [1.29, 1.82) is 0 Å². The van der Waals surface area contributed by atoms with Crippen LogP contribution in [-0.4, -0.2) is 24.9 Å². The highest BCUT2D eigenvalue weighted by molar-refractivity contribution is 7.14. The number of thiophene rings is 2. The van der Waals surface area contributed by atoms with Crippen LogP contribution in [-0.2, 0) is 22.4 Å². The van der Waals surface area contributed by atoms with Gasteiger partial charge >= 0.3 is 0 Å². The van der Waals surface area contributed by atoms with Crippen LogP contribution in [0.3, 0.4) is 0 Å². The third-order valence-corrected chi connectivity index (χ3v) is 20.0. The molecule has 78 heavy (non-hydrogen) atoms. The van der Waals surface area contributed by atoms with Gasteiger partial charge in [-0.3, -0.25) is 9.59 Å². The summed E-state index contributed by atoms with van der Waals surface area (Å²) in [6.45, 7) is 15.3. The lowest BCUT2D eigenvalue weighted by atomic mass is 9.82. The molecule has 0 radical (unpaired) electrons. The van der Waals surface area contributed by atoms with Gasteiger partial charge in [-0.25, -0.2) is 0 Å². The number of carbonyl (C=O) groups excluding carboxylic acids is 2. The zero-order valence-electron chi connectivity index (χ0n) is 50.9. The highest BCUT2D eigenvalue weighted by atomic mass is 32.1. The molecule has 0 spiro atoms. The molecule has 0 saturated heterocycles. The summed E-state index contributed by atoms with van der Waals surface area (Å²) in [5.41, 5.74) is 9.54. The molecule has 2 aliphatic rings. The number of anilines is 2. The molecule has 2 aromatic carbocycles. The number of hydrogen-bond donors (Lipinski definition) is 0. The second-order valence-corrected chi connectivity index (χ2v) is 26.4. The molecule has 0 fully saturated rings. The van der Waals surface area contributed by atoms with E-state index in [2.05, 4.69) is 111 Å². The van der Waals surface area contributed by atoms with Crippen molar-refractivity contribution in [3.05, 3.63) is 81.5 Å². The normalized spacial score (nSPS) is 16.0. The van der Waals surface area contributed by atoms with Crippen molar-refractivity contribution < 1.29 is 9.59 Å². The summed E-state index contributed by atoms with van der Waals surface area (Å²) >= 11 is 3.71. The molecule has 0 aliphatic carbocycles. The fourth-order valence-electron chi connectivity index (χ4n) is 13.1. The standard InChI is InChI=1S/C72H112N2O2S2/c1-7-13-19-25-29-35-41-57(39-33-23-17-11-5)53-73-65-51-61(67-49-59(55-77-67)43-37-31-27-21-15-9-3)45-47-63(65)69(71(73)75)70-64-48-46-62(68-50-60(56-78-68)44-38-32-28-22-16-10-4)52-66(64)74(72(70)76)54-58(40-34-24-18-12-6)42-36-30-26-20-14-8-2/h45-52,55-58,69-70H,7-44,53-54H2,1-6H3. The minimum absolute atomic E-state index is 0.148. The van der Waals surface area contributed by atoms with E-state index in [9.17, 15) is 0 Å². The van der Waals surface area contributed by atoms with Crippen molar-refractivity contribution >= 4 is 45.9 Å². The van der Waals surface area contributed by atoms with Crippen molar-refractivity contribution in [2.45, 2.75) is 297 Å². The van der Waals surface area contributed by atoms with Gasteiger partial charge in [0, 0.05) is 34.2 Å². The largest absolute Gasteiger partial charge is 0.311 e. The second-order valence-electron chi connectivity index (χ2n) is 24.6. The zero-order chi connectivity index (χ0) is 55.2. The SMILES string of the molecule is CCCCCCCCc1csc(-c2ccc3c(c2)N(CC(CCCCCC)CCCCCCCC)C(=O)C3C2C(=O)N(CC(CCCCCC)CCCCCCCC)c3cc(-c4cc(CCCCCCCC)cs4)ccc32)c1. The predicted octanol–water partition coefficient (Wildman–Crippen LogP) is 23.2. The smallest absolute Gasteiger partial charge is 0.235 e. The van der Waals surface area contributed by atoms with E-state index in [1.54, 1.807) is 0 Å². The number of unbranched alkanes of at least 4 members (excludes halogenated alkanes) is 26. The molecule has 0 N–H and O–H groups in total. The van der Waals surface area contributed by atoms with Crippen LogP contribution < -0.4 is 9.80 Å². The molecule has 6 rings (SSSR count). The first-order valence-corrected chi connectivity index (χ1v) is 35.2. The summed E-state index contributed by atoms with van der Waals surface area (Å²) in [5, 5.41) is 4.75. The van der Waals surface area contributed by atoms with Gasteiger partial charge in [-0.1, -0.05) is 258 Å². The van der Waals surface area contributed by atoms with E-state index < -0.39 is 11.8 Å². The van der Waals surface area contributed by atoms with Crippen molar-refractivity contribution in [3.63, 3.8) is 0 Å². The Balaban J connectivity index is 1.36. The Hall–Kier alpha value is -3.22. The number of amides is 2. The number of hydrogen-bond acceptors (Lipinski definition) is 4. The Morgan fingerprint density at radius 3 is 1.00 bits per heavy atom. The summed E-state index contributed by atoms with van der Waals surface area (Å²) in [4.78, 5) is 38.8. The first-order valence-electron chi connectivity index (χ1n) is 33.4. The van der Waals surface area contributed by atoms with E-state index in [1.807, 2.05) is 22.7 Å². The molecule has 4 atom stereocenters. The van der Waals surface area contributed by atoms with Gasteiger partial charge in [0.05, 0.1) is 11.8 Å². The van der Waals surface area contributed by atoms with Gasteiger partial charge in [-0.2, -0.15) is 0 Å². The monoisotopic (exact) mass is 1100 g/mol. The number of nitrogens with zero attached hydrogens (tertiary/aromatic N) is 2. The lowest BCUT2D eigenvalue weighted by Gasteiger charge is -2.27. The van der Waals surface area contributed by atoms with Gasteiger partial charge < -0.3 is 9.80 Å². The second kappa shape index (κ2) is 37.0. The Kier molecular flexibility index (Phi) is 30.3. The molecular formula is C72H112N2O2S2.